The minimum absolute atomic E-state index is 0.190. The summed E-state index contributed by atoms with van der Waals surface area (Å²) in [6, 6.07) is 8.42. The molecular formula is C18H16F3N3O. The summed E-state index contributed by atoms with van der Waals surface area (Å²) in [5, 5.41) is 2.84. The second-order valence-electron chi connectivity index (χ2n) is 5.76. The number of hydrogen-bond acceptors (Lipinski definition) is 3. The van der Waals surface area contributed by atoms with Crippen LogP contribution in [0.1, 0.15) is 11.1 Å². The van der Waals surface area contributed by atoms with E-state index < -0.39 is 11.7 Å². The topological polar surface area (TPSA) is 45.2 Å². The van der Waals surface area contributed by atoms with Crippen LogP contribution in [0.15, 0.2) is 55.3 Å². The summed E-state index contributed by atoms with van der Waals surface area (Å²) in [6.07, 6.45) is -0.948. The lowest BCUT2D eigenvalue weighted by Crippen LogP contribution is -2.46. The van der Waals surface area contributed by atoms with Crippen molar-refractivity contribution in [2.75, 3.05) is 11.4 Å². The van der Waals surface area contributed by atoms with Crippen LogP contribution in [0, 0.1) is 0 Å². The van der Waals surface area contributed by atoms with Crippen molar-refractivity contribution < 1.29 is 18.0 Å². The third-order valence-corrected chi connectivity index (χ3v) is 4.03. The van der Waals surface area contributed by atoms with Gasteiger partial charge < -0.3 is 10.2 Å². The highest BCUT2D eigenvalue weighted by Gasteiger charge is 2.31. The van der Waals surface area contributed by atoms with Crippen molar-refractivity contribution in [1.29, 1.82) is 0 Å². The van der Waals surface area contributed by atoms with Crippen LogP contribution in [0.2, 0.25) is 0 Å². The van der Waals surface area contributed by atoms with Crippen LogP contribution in [0.5, 0.6) is 0 Å². The van der Waals surface area contributed by atoms with E-state index in [0.29, 0.717) is 24.5 Å². The highest BCUT2D eigenvalue weighted by molar-refractivity contribution is 5.87. The van der Waals surface area contributed by atoms with Gasteiger partial charge in [-0.1, -0.05) is 12.6 Å². The van der Waals surface area contributed by atoms with Gasteiger partial charge in [0.25, 0.3) is 0 Å². The highest BCUT2D eigenvalue weighted by Crippen LogP contribution is 2.34. The number of benzene rings is 1. The Bertz CT molecular complexity index is 787. The molecule has 1 atom stereocenters. The number of nitrogens with zero attached hydrogens (tertiary/aromatic N) is 2. The van der Waals surface area contributed by atoms with Crippen molar-refractivity contribution in [1.82, 2.24) is 10.3 Å². The van der Waals surface area contributed by atoms with Crippen molar-refractivity contribution in [3.63, 3.8) is 0 Å². The molecule has 3 rings (SSSR count). The molecule has 0 saturated carbocycles. The zero-order chi connectivity index (χ0) is 18.0. The largest absolute Gasteiger partial charge is 0.416 e. The standard InChI is InChI=1S/C18H16F3N3O/c1-2-16(25)23-14-10-12-4-3-9-22-17(12)24(11-14)15-7-5-13(6-8-15)18(19,20)21/h2-9,14H,1,10-11H2,(H,23,25). The van der Waals surface area contributed by atoms with E-state index in [9.17, 15) is 18.0 Å². The number of anilines is 2. The van der Waals surface area contributed by atoms with Crippen molar-refractivity contribution in [2.45, 2.75) is 18.6 Å². The number of rotatable bonds is 3. The van der Waals surface area contributed by atoms with Crippen molar-refractivity contribution in [3.8, 4) is 0 Å². The quantitative estimate of drug-likeness (QED) is 0.865. The number of halogens is 3. The number of amides is 1. The van der Waals surface area contributed by atoms with E-state index in [2.05, 4.69) is 16.9 Å². The molecular weight excluding hydrogens is 331 g/mol. The maximum atomic E-state index is 12.8. The molecule has 0 aliphatic carbocycles. The molecule has 25 heavy (non-hydrogen) atoms. The Balaban J connectivity index is 1.93. The van der Waals surface area contributed by atoms with Crippen LogP contribution in [0.25, 0.3) is 0 Å². The lowest BCUT2D eigenvalue weighted by atomic mass is 10.00. The fraction of sp³-hybridized carbons (Fsp3) is 0.222. The fourth-order valence-electron chi connectivity index (χ4n) is 2.88. The summed E-state index contributed by atoms with van der Waals surface area (Å²) in [4.78, 5) is 17.8. The Kier molecular flexibility index (Phi) is 4.48. The van der Waals surface area contributed by atoms with Gasteiger partial charge in [0.05, 0.1) is 11.6 Å². The molecule has 0 bridgehead atoms. The van der Waals surface area contributed by atoms with Crippen molar-refractivity contribution in [3.05, 3.63) is 66.4 Å². The minimum Gasteiger partial charge on any atom is -0.348 e. The highest BCUT2D eigenvalue weighted by atomic mass is 19.4. The van der Waals surface area contributed by atoms with Gasteiger partial charge in [-0.05, 0) is 48.4 Å². The Labute approximate surface area is 143 Å². The van der Waals surface area contributed by atoms with Gasteiger partial charge in [0.15, 0.2) is 0 Å². The second kappa shape index (κ2) is 6.58. The van der Waals surface area contributed by atoms with Gasteiger partial charge in [0, 0.05) is 18.4 Å². The number of carbonyl (C=O) groups excluding carboxylic acids is 1. The normalized spacial score (nSPS) is 16.9. The lowest BCUT2D eigenvalue weighted by Gasteiger charge is -2.35. The lowest BCUT2D eigenvalue weighted by molar-refractivity contribution is -0.137. The molecule has 1 aliphatic rings. The molecule has 1 N–H and O–H groups in total. The van der Waals surface area contributed by atoms with Gasteiger partial charge in [0.1, 0.15) is 5.82 Å². The summed E-state index contributed by atoms with van der Waals surface area (Å²) >= 11 is 0. The van der Waals surface area contributed by atoms with Crippen LogP contribution in [-0.2, 0) is 17.4 Å². The Hall–Kier alpha value is -2.83. The van der Waals surface area contributed by atoms with Crippen LogP contribution < -0.4 is 10.2 Å². The maximum absolute atomic E-state index is 12.8. The van der Waals surface area contributed by atoms with Gasteiger partial charge in [-0.3, -0.25) is 4.79 Å². The predicted octanol–water partition coefficient (Wildman–Crippen LogP) is 3.47. The number of nitrogens with one attached hydrogen (secondary N) is 1. The number of pyridine rings is 1. The van der Waals surface area contributed by atoms with E-state index in [4.69, 9.17) is 0 Å². The summed E-state index contributed by atoms with van der Waals surface area (Å²) in [7, 11) is 0. The molecule has 0 radical (unpaired) electrons. The first-order chi connectivity index (χ1) is 11.9. The fourth-order valence-corrected chi connectivity index (χ4v) is 2.88. The molecule has 0 spiro atoms. The van der Waals surface area contributed by atoms with Gasteiger partial charge in [0.2, 0.25) is 5.91 Å². The van der Waals surface area contributed by atoms with Crippen LogP contribution in [0.4, 0.5) is 24.7 Å². The number of alkyl halides is 3. The summed E-state index contributed by atoms with van der Waals surface area (Å²) < 4.78 is 38.3. The molecule has 0 fully saturated rings. The molecule has 1 aromatic heterocycles. The van der Waals surface area contributed by atoms with E-state index in [1.807, 2.05) is 11.0 Å². The van der Waals surface area contributed by atoms with Gasteiger partial charge >= 0.3 is 6.18 Å². The molecule has 1 amide bonds. The molecule has 130 valence electrons. The number of carbonyl (C=O) groups is 1. The number of aromatic nitrogens is 1. The first kappa shape index (κ1) is 17.0. The number of hydrogen-bond donors (Lipinski definition) is 1. The maximum Gasteiger partial charge on any atom is 0.416 e. The molecule has 1 unspecified atom stereocenters. The summed E-state index contributed by atoms with van der Waals surface area (Å²) in [5.41, 5.74) is 0.805. The average Bonchev–Trinajstić information content (AvgIpc) is 2.60. The van der Waals surface area contributed by atoms with Crippen molar-refractivity contribution >= 4 is 17.4 Å². The van der Waals surface area contributed by atoms with E-state index in [1.54, 1.807) is 12.3 Å². The summed E-state index contributed by atoms with van der Waals surface area (Å²) in [5.74, 6) is 0.399. The molecule has 7 heteroatoms. The molecule has 0 saturated heterocycles. The van der Waals surface area contributed by atoms with E-state index >= 15 is 0 Å². The van der Waals surface area contributed by atoms with Gasteiger partial charge in [-0.2, -0.15) is 13.2 Å². The minimum atomic E-state index is -4.38. The smallest absolute Gasteiger partial charge is 0.348 e. The van der Waals surface area contributed by atoms with E-state index in [1.165, 1.54) is 18.2 Å². The third kappa shape index (κ3) is 3.65. The number of fused-ring (bicyclic) bond motifs is 1. The first-order valence-corrected chi connectivity index (χ1v) is 7.70. The van der Waals surface area contributed by atoms with Crippen LogP contribution >= 0.6 is 0 Å². The van der Waals surface area contributed by atoms with E-state index in [0.717, 1.165) is 17.7 Å². The molecule has 2 aromatic rings. The van der Waals surface area contributed by atoms with Gasteiger partial charge in [-0.15, -0.1) is 0 Å². The molecule has 2 heterocycles. The average molecular weight is 347 g/mol. The molecule has 1 aliphatic heterocycles. The SMILES string of the molecule is C=CC(=O)NC1Cc2cccnc2N(c2ccc(C(F)(F)F)cc2)C1. The van der Waals surface area contributed by atoms with Gasteiger partial charge in [-0.25, -0.2) is 4.98 Å². The molecule has 1 aromatic carbocycles. The monoisotopic (exact) mass is 347 g/mol. The third-order valence-electron chi connectivity index (χ3n) is 4.03. The summed E-state index contributed by atoms with van der Waals surface area (Å²) in [6.45, 7) is 3.85. The first-order valence-electron chi connectivity index (χ1n) is 7.70. The Morgan fingerprint density at radius 1 is 1.28 bits per heavy atom. The van der Waals surface area contributed by atoms with Crippen LogP contribution in [-0.4, -0.2) is 23.5 Å². The molecule has 4 nitrogen and oxygen atoms in total. The Morgan fingerprint density at radius 2 is 2.00 bits per heavy atom. The second-order valence-corrected chi connectivity index (χ2v) is 5.76. The van der Waals surface area contributed by atoms with Crippen LogP contribution in [0.3, 0.4) is 0 Å². The predicted molar refractivity (Wildman–Crippen MR) is 88.5 cm³/mol. The van der Waals surface area contributed by atoms with Crippen molar-refractivity contribution in [2.24, 2.45) is 0 Å². The van der Waals surface area contributed by atoms with E-state index in [-0.39, 0.29) is 11.9 Å². The Morgan fingerprint density at radius 3 is 2.64 bits per heavy atom. The zero-order valence-electron chi connectivity index (χ0n) is 13.3. The zero-order valence-corrected chi connectivity index (χ0v) is 13.3.